The molecule has 1 aliphatic carbocycles. The molecule has 27 heavy (non-hydrogen) atoms. The lowest BCUT2D eigenvalue weighted by Crippen LogP contribution is -2.53. The van der Waals surface area contributed by atoms with Crippen LogP contribution in [0.15, 0.2) is 36.8 Å². The Bertz CT molecular complexity index is 831. The molecule has 0 radical (unpaired) electrons. The number of hydrogen-bond donors (Lipinski definition) is 1. The Morgan fingerprint density at radius 3 is 2.89 bits per heavy atom. The fourth-order valence-electron chi connectivity index (χ4n) is 3.83. The van der Waals surface area contributed by atoms with Crippen molar-refractivity contribution in [3.05, 3.63) is 48.0 Å². The molecule has 144 valence electrons. The number of imidazole rings is 1. The number of nitrogens with one attached hydrogen (secondary N) is 1. The number of hydrogen-bond acceptors (Lipinski definition) is 4. The molecule has 1 aromatic carbocycles. The van der Waals surface area contributed by atoms with Crippen molar-refractivity contribution in [2.75, 3.05) is 13.7 Å². The van der Waals surface area contributed by atoms with E-state index in [1.165, 1.54) is 0 Å². The van der Waals surface area contributed by atoms with Crippen LogP contribution < -0.4 is 10.1 Å². The summed E-state index contributed by atoms with van der Waals surface area (Å²) in [4.78, 5) is 19.0. The van der Waals surface area contributed by atoms with Gasteiger partial charge in [-0.25, -0.2) is 13.8 Å². The summed E-state index contributed by atoms with van der Waals surface area (Å²) in [6.07, 6.45) is 2.81. The minimum Gasteiger partial charge on any atom is -0.496 e. The van der Waals surface area contributed by atoms with Crippen LogP contribution in [0.2, 0.25) is 0 Å². The molecule has 2 aromatic rings. The number of carbonyl (C=O) groups excluding carboxylic acids is 1. The molecule has 1 aromatic heterocycles. The standard InChI is InChI=1S/C19H22F2N4O2/c1-27-17-5-3-2-4-13(17)9-24-10-15-8-22-12-25(15)16(11-24)18(26)23-14-6-19(20,21)7-14/h2-5,8,12,14,16H,6-7,9-11H2,1H3,(H,23,26)/t16-/m1/s1. The van der Waals surface area contributed by atoms with E-state index in [1.54, 1.807) is 19.6 Å². The number of fused-ring (bicyclic) bond motifs is 1. The van der Waals surface area contributed by atoms with Crippen molar-refractivity contribution in [3.8, 4) is 5.75 Å². The van der Waals surface area contributed by atoms with E-state index in [2.05, 4.69) is 15.2 Å². The van der Waals surface area contributed by atoms with Crippen LogP contribution in [0, 0.1) is 0 Å². The van der Waals surface area contributed by atoms with Crippen molar-refractivity contribution in [3.63, 3.8) is 0 Å². The predicted octanol–water partition coefficient (Wildman–Crippen LogP) is 2.36. The highest BCUT2D eigenvalue weighted by Crippen LogP contribution is 2.37. The molecule has 1 saturated carbocycles. The van der Waals surface area contributed by atoms with Gasteiger partial charge in [-0.15, -0.1) is 0 Å². The third-order valence-electron chi connectivity index (χ3n) is 5.22. The number of nitrogens with zero attached hydrogens (tertiary/aromatic N) is 3. The molecule has 1 fully saturated rings. The summed E-state index contributed by atoms with van der Waals surface area (Å²) < 4.78 is 33.4. The van der Waals surface area contributed by atoms with Crippen LogP contribution >= 0.6 is 0 Å². The number of methoxy groups -OCH3 is 1. The summed E-state index contributed by atoms with van der Waals surface area (Å²) in [6, 6.07) is 6.83. The summed E-state index contributed by atoms with van der Waals surface area (Å²) in [5, 5.41) is 2.76. The van der Waals surface area contributed by atoms with Crippen molar-refractivity contribution in [2.24, 2.45) is 0 Å². The minimum atomic E-state index is -2.65. The van der Waals surface area contributed by atoms with Gasteiger partial charge in [-0.1, -0.05) is 18.2 Å². The third-order valence-corrected chi connectivity index (χ3v) is 5.22. The second-order valence-corrected chi connectivity index (χ2v) is 7.26. The first-order chi connectivity index (χ1) is 12.9. The first-order valence-corrected chi connectivity index (χ1v) is 8.98. The van der Waals surface area contributed by atoms with Crippen LogP contribution in [-0.4, -0.2) is 46.0 Å². The SMILES string of the molecule is COc1ccccc1CN1Cc2cncn2[C@@H](C(=O)NC2CC(F)(F)C2)C1. The van der Waals surface area contributed by atoms with Gasteiger partial charge >= 0.3 is 0 Å². The molecule has 0 saturated heterocycles. The highest BCUT2D eigenvalue weighted by Gasteiger charge is 2.46. The van der Waals surface area contributed by atoms with Crippen LogP contribution in [0.25, 0.3) is 0 Å². The zero-order chi connectivity index (χ0) is 19.0. The van der Waals surface area contributed by atoms with Gasteiger partial charge in [0.2, 0.25) is 5.91 Å². The lowest BCUT2D eigenvalue weighted by molar-refractivity contribution is -0.133. The van der Waals surface area contributed by atoms with Gasteiger partial charge in [0.05, 0.1) is 19.1 Å². The normalized spacial score (nSPS) is 22.0. The average Bonchev–Trinajstić information content (AvgIpc) is 3.08. The van der Waals surface area contributed by atoms with Gasteiger partial charge in [-0.2, -0.15) is 0 Å². The first-order valence-electron chi connectivity index (χ1n) is 8.98. The van der Waals surface area contributed by atoms with E-state index in [0.29, 0.717) is 19.6 Å². The maximum absolute atomic E-state index is 13.1. The molecule has 1 N–H and O–H groups in total. The van der Waals surface area contributed by atoms with Gasteiger partial charge in [-0.3, -0.25) is 9.69 Å². The fourth-order valence-corrected chi connectivity index (χ4v) is 3.83. The van der Waals surface area contributed by atoms with Crippen molar-refractivity contribution >= 4 is 5.91 Å². The van der Waals surface area contributed by atoms with Crippen LogP contribution in [-0.2, 0) is 17.9 Å². The summed E-state index contributed by atoms with van der Waals surface area (Å²) in [6.45, 7) is 1.76. The number of para-hydroxylation sites is 1. The van der Waals surface area contributed by atoms with E-state index in [9.17, 15) is 13.6 Å². The van der Waals surface area contributed by atoms with E-state index < -0.39 is 18.0 Å². The molecule has 1 atom stereocenters. The monoisotopic (exact) mass is 376 g/mol. The Kier molecular flexibility index (Phi) is 4.59. The Hall–Kier alpha value is -2.48. The van der Waals surface area contributed by atoms with E-state index >= 15 is 0 Å². The molecule has 1 amide bonds. The first kappa shape index (κ1) is 17.9. The highest BCUT2D eigenvalue weighted by atomic mass is 19.3. The quantitative estimate of drug-likeness (QED) is 0.870. The topological polar surface area (TPSA) is 59.4 Å². The fraction of sp³-hybridized carbons (Fsp3) is 0.474. The number of halogens is 2. The second kappa shape index (κ2) is 6.92. The molecular formula is C19H22F2N4O2. The van der Waals surface area contributed by atoms with Gasteiger partial charge in [-0.05, 0) is 6.07 Å². The van der Waals surface area contributed by atoms with E-state index in [1.807, 2.05) is 28.8 Å². The molecule has 2 heterocycles. The molecule has 0 unspecified atom stereocenters. The van der Waals surface area contributed by atoms with Gasteiger partial charge in [0, 0.05) is 50.3 Å². The average molecular weight is 376 g/mol. The molecule has 8 heteroatoms. The number of alkyl halides is 2. The van der Waals surface area contributed by atoms with Crippen molar-refractivity contribution < 1.29 is 18.3 Å². The smallest absolute Gasteiger partial charge is 0.252 e. The van der Waals surface area contributed by atoms with E-state index in [-0.39, 0.29) is 18.7 Å². The molecule has 6 nitrogen and oxygen atoms in total. The van der Waals surface area contributed by atoms with Crippen molar-refractivity contribution in [2.45, 2.75) is 43.9 Å². The molecule has 0 spiro atoms. The predicted molar refractivity (Wildman–Crippen MR) is 94.5 cm³/mol. The van der Waals surface area contributed by atoms with Crippen LogP contribution in [0.5, 0.6) is 5.75 Å². The number of benzene rings is 1. The summed E-state index contributed by atoms with van der Waals surface area (Å²) in [7, 11) is 1.63. The van der Waals surface area contributed by atoms with Gasteiger partial charge in [0.25, 0.3) is 5.92 Å². The lowest BCUT2D eigenvalue weighted by Gasteiger charge is -2.38. The number of carbonyl (C=O) groups is 1. The maximum atomic E-state index is 13.1. The molecule has 4 rings (SSSR count). The highest BCUT2D eigenvalue weighted by molar-refractivity contribution is 5.81. The number of ether oxygens (including phenoxy) is 1. The molecular weight excluding hydrogens is 354 g/mol. The van der Waals surface area contributed by atoms with Crippen LogP contribution in [0.3, 0.4) is 0 Å². The number of aromatic nitrogens is 2. The van der Waals surface area contributed by atoms with Gasteiger partial charge in [0.1, 0.15) is 11.8 Å². The summed E-state index contributed by atoms with van der Waals surface area (Å²) >= 11 is 0. The van der Waals surface area contributed by atoms with Crippen LogP contribution in [0.4, 0.5) is 8.78 Å². The lowest BCUT2D eigenvalue weighted by atomic mass is 9.88. The van der Waals surface area contributed by atoms with Gasteiger partial charge in [0.15, 0.2) is 0 Å². The van der Waals surface area contributed by atoms with E-state index in [4.69, 9.17) is 4.74 Å². The molecule has 1 aliphatic heterocycles. The Morgan fingerprint density at radius 1 is 1.37 bits per heavy atom. The second-order valence-electron chi connectivity index (χ2n) is 7.26. The van der Waals surface area contributed by atoms with Gasteiger partial charge < -0.3 is 14.6 Å². The minimum absolute atomic E-state index is 0.237. The molecule has 0 bridgehead atoms. The third kappa shape index (κ3) is 3.66. The summed E-state index contributed by atoms with van der Waals surface area (Å²) in [5.41, 5.74) is 1.96. The number of rotatable bonds is 5. The van der Waals surface area contributed by atoms with Crippen molar-refractivity contribution in [1.82, 2.24) is 19.8 Å². The number of amides is 1. The maximum Gasteiger partial charge on any atom is 0.252 e. The van der Waals surface area contributed by atoms with Crippen LogP contribution in [0.1, 0.15) is 30.1 Å². The van der Waals surface area contributed by atoms with Crippen molar-refractivity contribution in [1.29, 1.82) is 0 Å². The molecule has 2 aliphatic rings. The largest absolute Gasteiger partial charge is 0.496 e. The Morgan fingerprint density at radius 2 is 2.15 bits per heavy atom. The Balaban J connectivity index is 1.48. The zero-order valence-corrected chi connectivity index (χ0v) is 15.1. The zero-order valence-electron chi connectivity index (χ0n) is 15.1. The summed E-state index contributed by atoms with van der Waals surface area (Å²) in [5.74, 6) is -2.09. The van der Waals surface area contributed by atoms with E-state index in [0.717, 1.165) is 17.0 Å². The Labute approximate surface area is 156 Å².